The smallest absolute Gasteiger partial charge is 0.196 e. The van der Waals surface area contributed by atoms with Crippen LogP contribution in [0.15, 0.2) is 46.9 Å². The summed E-state index contributed by atoms with van der Waals surface area (Å²) in [6.45, 7) is 2.53. The van der Waals surface area contributed by atoms with E-state index < -0.39 is 5.82 Å². The molecule has 4 heteroatoms. The molecule has 2 nitrogen and oxygen atoms in total. The summed E-state index contributed by atoms with van der Waals surface area (Å²) in [5.74, 6) is -0.175. The first-order valence-corrected chi connectivity index (χ1v) is 7.13. The van der Waals surface area contributed by atoms with E-state index in [0.29, 0.717) is 28.0 Å². The minimum atomic E-state index is -0.449. The first kappa shape index (κ1) is 14.7. The van der Waals surface area contributed by atoms with Gasteiger partial charge in [0.25, 0.3) is 0 Å². The van der Waals surface area contributed by atoms with Crippen LogP contribution in [0.2, 0.25) is 0 Å². The van der Waals surface area contributed by atoms with Gasteiger partial charge < -0.3 is 4.74 Å². The number of para-hydroxylation sites is 1. The third-order valence-corrected chi connectivity index (χ3v) is 3.18. The highest BCUT2D eigenvalue weighted by Gasteiger charge is 2.15. The van der Waals surface area contributed by atoms with Crippen LogP contribution in [0.1, 0.15) is 29.3 Å². The van der Waals surface area contributed by atoms with E-state index in [4.69, 9.17) is 4.74 Å². The van der Waals surface area contributed by atoms with Crippen LogP contribution in [0.4, 0.5) is 4.39 Å². The Hall–Kier alpha value is -1.68. The van der Waals surface area contributed by atoms with Crippen molar-refractivity contribution in [2.45, 2.75) is 13.3 Å². The Morgan fingerprint density at radius 3 is 2.70 bits per heavy atom. The molecule has 2 aromatic carbocycles. The summed E-state index contributed by atoms with van der Waals surface area (Å²) in [5, 5.41) is 0. The Balaban J connectivity index is 2.37. The minimum Gasteiger partial charge on any atom is -0.493 e. The van der Waals surface area contributed by atoms with Gasteiger partial charge in [-0.25, -0.2) is 4.39 Å². The fourth-order valence-corrected chi connectivity index (χ4v) is 2.30. The minimum absolute atomic E-state index is 0.253. The molecule has 0 aliphatic rings. The van der Waals surface area contributed by atoms with Gasteiger partial charge in [0.1, 0.15) is 11.6 Å². The standard InChI is InChI=1S/C16H14BrFO2/c1-2-7-20-15-6-4-3-5-14(15)16(19)11-8-12(17)10-13(18)9-11/h3-6,8-10H,2,7H2,1H3. The summed E-state index contributed by atoms with van der Waals surface area (Å²) >= 11 is 3.19. The summed E-state index contributed by atoms with van der Waals surface area (Å²) in [6, 6.07) is 11.1. The van der Waals surface area contributed by atoms with Crippen molar-refractivity contribution < 1.29 is 13.9 Å². The quantitative estimate of drug-likeness (QED) is 0.745. The van der Waals surface area contributed by atoms with Crippen molar-refractivity contribution >= 4 is 21.7 Å². The van der Waals surface area contributed by atoms with Crippen LogP contribution in [-0.4, -0.2) is 12.4 Å². The maximum Gasteiger partial charge on any atom is 0.196 e. The first-order valence-electron chi connectivity index (χ1n) is 6.34. The molecule has 0 unspecified atom stereocenters. The van der Waals surface area contributed by atoms with Gasteiger partial charge in [0.15, 0.2) is 5.78 Å². The summed E-state index contributed by atoms with van der Waals surface area (Å²) in [5.41, 5.74) is 0.739. The maximum atomic E-state index is 13.4. The van der Waals surface area contributed by atoms with Crippen LogP contribution < -0.4 is 4.74 Å². The zero-order chi connectivity index (χ0) is 14.5. The lowest BCUT2D eigenvalue weighted by Crippen LogP contribution is -2.06. The summed E-state index contributed by atoms with van der Waals surface area (Å²) in [4.78, 5) is 12.5. The van der Waals surface area contributed by atoms with Gasteiger partial charge in [-0.3, -0.25) is 4.79 Å². The molecule has 0 aromatic heterocycles. The Bertz CT molecular complexity index is 605. The van der Waals surface area contributed by atoms with Crippen molar-refractivity contribution in [1.29, 1.82) is 0 Å². The normalized spacial score (nSPS) is 10.3. The SMILES string of the molecule is CCCOc1ccccc1C(=O)c1cc(F)cc(Br)c1. The van der Waals surface area contributed by atoms with Crippen LogP contribution >= 0.6 is 15.9 Å². The zero-order valence-electron chi connectivity index (χ0n) is 11.0. The topological polar surface area (TPSA) is 26.3 Å². The lowest BCUT2D eigenvalue weighted by atomic mass is 10.0. The third-order valence-electron chi connectivity index (χ3n) is 2.72. The monoisotopic (exact) mass is 336 g/mol. The number of hydrogen-bond donors (Lipinski definition) is 0. The van der Waals surface area contributed by atoms with Crippen molar-refractivity contribution in [2.24, 2.45) is 0 Å². The van der Waals surface area contributed by atoms with Crippen LogP contribution in [-0.2, 0) is 0 Å². The molecule has 2 rings (SSSR count). The Morgan fingerprint density at radius 1 is 1.25 bits per heavy atom. The molecular formula is C16H14BrFO2. The van der Waals surface area contributed by atoms with Gasteiger partial charge in [0.05, 0.1) is 12.2 Å². The zero-order valence-corrected chi connectivity index (χ0v) is 12.6. The molecule has 0 saturated heterocycles. The molecule has 0 bridgehead atoms. The molecule has 0 saturated carbocycles. The van der Waals surface area contributed by atoms with E-state index in [2.05, 4.69) is 15.9 Å². The molecule has 0 spiro atoms. The number of ketones is 1. The highest BCUT2D eigenvalue weighted by atomic mass is 79.9. The van der Waals surface area contributed by atoms with Gasteiger partial charge >= 0.3 is 0 Å². The van der Waals surface area contributed by atoms with E-state index in [-0.39, 0.29) is 5.78 Å². The van der Waals surface area contributed by atoms with Gasteiger partial charge in [0, 0.05) is 10.0 Å². The second kappa shape index (κ2) is 6.66. The van der Waals surface area contributed by atoms with Crippen LogP contribution in [0, 0.1) is 5.82 Å². The average Bonchev–Trinajstić information content (AvgIpc) is 2.43. The lowest BCUT2D eigenvalue weighted by Gasteiger charge is -2.10. The summed E-state index contributed by atoms with van der Waals surface area (Å²) < 4.78 is 19.5. The molecule has 0 aliphatic heterocycles. The number of carbonyl (C=O) groups is 1. The highest BCUT2D eigenvalue weighted by molar-refractivity contribution is 9.10. The van der Waals surface area contributed by atoms with E-state index in [9.17, 15) is 9.18 Å². The van der Waals surface area contributed by atoms with Crippen molar-refractivity contribution in [3.8, 4) is 5.75 Å². The average molecular weight is 337 g/mol. The van der Waals surface area contributed by atoms with E-state index in [1.54, 1.807) is 24.3 Å². The second-order valence-electron chi connectivity index (χ2n) is 4.33. The fourth-order valence-electron chi connectivity index (χ4n) is 1.83. The molecule has 0 amide bonds. The molecule has 0 atom stereocenters. The van der Waals surface area contributed by atoms with Crippen molar-refractivity contribution in [3.05, 3.63) is 63.9 Å². The molecule has 0 radical (unpaired) electrons. The van der Waals surface area contributed by atoms with Crippen molar-refractivity contribution in [3.63, 3.8) is 0 Å². The van der Waals surface area contributed by atoms with E-state index >= 15 is 0 Å². The summed E-state index contributed by atoms with van der Waals surface area (Å²) in [6.07, 6.45) is 0.855. The number of halogens is 2. The number of ether oxygens (including phenoxy) is 1. The number of benzene rings is 2. The maximum absolute atomic E-state index is 13.4. The number of hydrogen-bond acceptors (Lipinski definition) is 2. The van der Waals surface area contributed by atoms with Gasteiger partial charge in [-0.2, -0.15) is 0 Å². The predicted molar refractivity (Wildman–Crippen MR) is 79.8 cm³/mol. The Morgan fingerprint density at radius 2 is 2.00 bits per heavy atom. The van der Waals surface area contributed by atoms with Crippen LogP contribution in [0.25, 0.3) is 0 Å². The van der Waals surface area contributed by atoms with Gasteiger partial charge in [-0.1, -0.05) is 35.0 Å². The van der Waals surface area contributed by atoms with E-state index in [1.165, 1.54) is 12.1 Å². The van der Waals surface area contributed by atoms with E-state index in [1.807, 2.05) is 13.0 Å². The Labute approximate surface area is 125 Å². The molecule has 0 fully saturated rings. The fraction of sp³-hybridized carbons (Fsp3) is 0.188. The molecule has 104 valence electrons. The molecule has 0 heterocycles. The second-order valence-corrected chi connectivity index (χ2v) is 5.25. The van der Waals surface area contributed by atoms with E-state index in [0.717, 1.165) is 6.42 Å². The largest absolute Gasteiger partial charge is 0.493 e. The highest BCUT2D eigenvalue weighted by Crippen LogP contribution is 2.24. The third kappa shape index (κ3) is 3.45. The predicted octanol–water partition coefficient (Wildman–Crippen LogP) is 4.61. The van der Waals surface area contributed by atoms with Gasteiger partial charge in [-0.15, -0.1) is 0 Å². The number of carbonyl (C=O) groups excluding carboxylic acids is 1. The lowest BCUT2D eigenvalue weighted by molar-refractivity contribution is 0.103. The molecule has 0 N–H and O–H groups in total. The Kier molecular flexibility index (Phi) is 4.90. The summed E-state index contributed by atoms with van der Waals surface area (Å²) in [7, 11) is 0. The van der Waals surface area contributed by atoms with Gasteiger partial charge in [-0.05, 0) is 36.8 Å². The number of rotatable bonds is 5. The van der Waals surface area contributed by atoms with Crippen molar-refractivity contribution in [2.75, 3.05) is 6.61 Å². The van der Waals surface area contributed by atoms with Gasteiger partial charge in [0.2, 0.25) is 0 Å². The molecule has 2 aromatic rings. The van der Waals surface area contributed by atoms with Crippen molar-refractivity contribution in [1.82, 2.24) is 0 Å². The molecular weight excluding hydrogens is 323 g/mol. The van der Waals surface area contributed by atoms with Crippen LogP contribution in [0.5, 0.6) is 5.75 Å². The van der Waals surface area contributed by atoms with Crippen LogP contribution in [0.3, 0.4) is 0 Å². The molecule has 0 aliphatic carbocycles. The first-order chi connectivity index (χ1) is 9.61. The molecule has 20 heavy (non-hydrogen) atoms.